The average molecular weight is 257 g/mol. The molecule has 1 fully saturated rings. The second-order valence-corrected chi connectivity index (χ2v) is 5.82. The molecule has 2 aromatic rings. The van der Waals surface area contributed by atoms with Crippen molar-refractivity contribution in [1.82, 2.24) is 15.6 Å². The van der Waals surface area contributed by atoms with Crippen LogP contribution in [0, 0.1) is 5.41 Å². The molecule has 1 heterocycles. The zero-order valence-electron chi connectivity index (χ0n) is 11.6. The number of aromatic amines is 1. The summed E-state index contributed by atoms with van der Waals surface area (Å²) in [5, 5.41) is 8.29. The number of fused-ring (bicyclic) bond motifs is 1. The van der Waals surface area contributed by atoms with Crippen molar-refractivity contribution >= 4 is 10.9 Å². The van der Waals surface area contributed by atoms with Crippen LogP contribution in [-0.2, 0) is 6.42 Å². The van der Waals surface area contributed by atoms with Crippen LogP contribution in [0.25, 0.3) is 10.9 Å². The van der Waals surface area contributed by atoms with Crippen molar-refractivity contribution in [2.75, 3.05) is 26.7 Å². The van der Waals surface area contributed by atoms with Crippen molar-refractivity contribution < 1.29 is 0 Å². The standard InChI is InChI=1S/C16H23N3/c1-17-11-16(7-8-16)12-18-9-6-13-10-19-15-5-3-2-4-14(13)15/h2-5,10,17-19H,6-9,11-12H2,1H3. The SMILES string of the molecule is CNCC1(CNCCc2c[nH]c3ccccc23)CC1. The van der Waals surface area contributed by atoms with Gasteiger partial charge in [0.1, 0.15) is 0 Å². The van der Waals surface area contributed by atoms with Gasteiger partial charge in [-0.25, -0.2) is 0 Å². The minimum Gasteiger partial charge on any atom is -0.361 e. The molecule has 0 atom stereocenters. The number of hydrogen-bond acceptors (Lipinski definition) is 2. The van der Waals surface area contributed by atoms with Crippen LogP contribution in [0.5, 0.6) is 0 Å². The van der Waals surface area contributed by atoms with Gasteiger partial charge in [0.25, 0.3) is 0 Å². The molecule has 3 rings (SSSR count). The molecule has 1 aromatic heterocycles. The first kappa shape index (κ1) is 12.7. The Kier molecular flexibility index (Phi) is 3.58. The Morgan fingerprint density at radius 1 is 1.21 bits per heavy atom. The summed E-state index contributed by atoms with van der Waals surface area (Å²) in [6.07, 6.45) is 5.98. The van der Waals surface area contributed by atoms with Gasteiger partial charge in [-0.3, -0.25) is 0 Å². The fourth-order valence-corrected chi connectivity index (χ4v) is 2.88. The van der Waals surface area contributed by atoms with E-state index in [0.29, 0.717) is 5.41 Å². The number of rotatable bonds is 7. The van der Waals surface area contributed by atoms with Gasteiger partial charge in [-0.15, -0.1) is 0 Å². The van der Waals surface area contributed by atoms with Crippen LogP contribution in [0.4, 0.5) is 0 Å². The van der Waals surface area contributed by atoms with Crippen LogP contribution in [-0.4, -0.2) is 31.7 Å². The van der Waals surface area contributed by atoms with E-state index in [-0.39, 0.29) is 0 Å². The molecule has 0 bridgehead atoms. The molecule has 0 saturated heterocycles. The Bertz CT molecular complexity index is 540. The summed E-state index contributed by atoms with van der Waals surface area (Å²) in [5.41, 5.74) is 3.21. The Hall–Kier alpha value is -1.32. The molecule has 0 aliphatic heterocycles. The van der Waals surface area contributed by atoms with E-state index in [0.717, 1.165) is 26.1 Å². The topological polar surface area (TPSA) is 39.8 Å². The minimum atomic E-state index is 0.551. The third-order valence-electron chi connectivity index (χ3n) is 4.25. The molecule has 0 amide bonds. The van der Waals surface area contributed by atoms with Crippen molar-refractivity contribution in [1.29, 1.82) is 0 Å². The first-order valence-electron chi connectivity index (χ1n) is 7.23. The van der Waals surface area contributed by atoms with Gasteiger partial charge in [0.2, 0.25) is 0 Å². The number of aromatic nitrogens is 1. The summed E-state index contributed by atoms with van der Waals surface area (Å²) in [5.74, 6) is 0. The molecular formula is C16H23N3. The van der Waals surface area contributed by atoms with Crippen LogP contribution in [0.3, 0.4) is 0 Å². The van der Waals surface area contributed by atoms with Crippen LogP contribution in [0.15, 0.2) is 30.5 Å². The third kappa shape index (κ3) is 2.82. The number of H-pyrrole nitrogens is 1. The van der Waals surface area contributed by atoms with E-state index in [4.69, 9.17) is 0 Å². The van der Waals surface area contributed by atoms with E-state index in [1.807, 2.05) is 7.05 Å². The second kappa shape index (κ2) is 5.35. The highest BCUT2D eigenvalue weighted by Crippen LogP contribution is 2.44. The molecule has 102 valence electrons. The Labute approximate surface area is 114 Å². The Balaban J connectivity index is 1.50. The van der Waals surface area contributed by atoms with Gasteiger partial charge in [-0.1, -0.05) is 18.2 Å². The van der Waals surface area contributed by atoms with Gasteiger partial charge >= 0.3 is 0 Å². The average Bonchev–Trinajstić information content (AvgIpc) is 3.07. The lowest BCUT2D eigenvalue weighted by Crippen LogP contribution is -2.32. The molecule has 3 nitrogen and oxygen atoms in total. The van der Waals surface area contributed by atoms with E-state index in [9.17, 15) is 0 Å². The lowest BCUT2D eigenvalue weighted by molar-refractivity contribution is 0.441. The molecule has 1 aliphatic carbocycles. The normalized spacial score (nSPS) is 16.9. The Morgan fingerprint density at radius 3 is 2.84 bits per heavy atom. The van der Waals surface area contributed by atoms with Gasteiger partial charge in [0.15, 0.2) is 0 Å². The summed E-state index contributed by atoms with van der Waals surface area (Å²) >= 11 is 0. The summed E-state index contributed by atoms with van der Waals surface area (Å²) in [4.78, 5) is 3.34. The van der Waals surface area contributed by atoms with E-state index in [1.165, 1.54) is 29.3 Å². The predicted molar refractivity (Wildman–Crippen MR) is 80.5 cm³/mol. The molecule has 0 spiro atoms. The number of hydrogen-bond donors (Lipinski definition) is 3. The van der Waals surface area contributed by atoms with Gasteiger partial charge in [-0.2, -0.15) is 0 Å². The predicted octanol–water partition coefficient (Wildman–Crippen LogP) is 2.30. The van der Waals surface area contributed by atoms with Crippen LogP contribution < -0.4 is 10.6 Å². The van der Waals surface area contributed by atoms with Crippen molar-refractivity contribution in [3.8, 4) is 0 Å². The maximum Gasteiger partial charge on any atom is 0.0456 e. The minimum absolute atomic E-state index is 0.551. The largest absolute Gasteiger partial charge is 0.361 e. The van der Waals surface area contributed by atoms with Crippen molar-refractivity contribution in [3.63, 3.8) is 0 Å². The van der Waals surface area contributed by atoms with Gasteiger partial charge < -0.3 is 15.6 Å². The maximum atomic E-state index is 3.62. The third-order valence-corrected chi connectivity index (χ3v) is 4.25. The fourth-order valence-electron chi connectivity index (χ4n) is 2.88. The van der Waals surface area contributed by atoms with Crippen molar-refractivity contribution in [3.05, 3.63) is 36.0 Å². The summed E-state index contributed by atoms with van der Waals surface area (Å²) < 4.78 is 0. The van der Waals surface area contributed by atoms with E-state index >= 15 is 0 Å². The van der Waals surface area contributed by atoms with E-state index in [2.05, 4.69) is 46.1 Å². The van der Waals surface area contributed by atoms with E-state index in [1.54, 1.807) is 0 Å². The molecule has 1 aromatic carbocycles. The van der Waals surface area contributed by atoms with Crippen molar-refractivity contribution in [2.24, 2.45) is 5.41 Å². The van der Waals surface area contributed by atoms with E-state index < -0.39 is 0 Å². The lowest BCUT2D eigenvalue weighted by atomic mass is 10.1. The Morgan fingerprint density at radius 2 is 2.05 bits per heavy atom. The highest BCUT2D eigenvalue weighted by molar-refractivity contribution is 5.83. The van der Waals surface area contributed by atoms with Crippen LogP contribution >= 0.6 is 0 Å². The second-order valence-electron chi connectivity index (χ2n) is 5.82. The van der Waals surface area contributed by atoms with Gasteiger partial charge in [0.05, 0.1) is 0 Å². The smallest absolute Gasteiger partial charge is 0.0456 e. The lowest BCUT2D eigenvalue weighted by Gasteiger charge is -2.15. The molecule has 1 saturated carbocycles. The van der Waals surface area contributed by atoms with Gasteiger partial charge in [0, 0.05) is 30.2 Å². The first-order chi connectivity index (χ1) is 9.33. The maximum absolute atomic E-state index is 3.62. The number of nitrogens with one attached hydrogen (secondary N) is 3. The zero-order valence-corrected chi connectivity index (χ0v) is 11.6. The first-order valence-corrected chi connectivity index (χ1v) is 7.23. The molecule has 3 heteroatoms. The summed E-state index contributed by atoms with van der Waals surface area (Å²) in [7, 11) is 2.05. The highest BCUT2D eigenvalue weighted by atomic mass is 14.9. The number of benzene rings is 1. The van der Waals surface area contributed by atoms with Crippen LogP contribution in [0.2, 0.25) is 0 Å². The monoisotopic (exact) mass is 257 g/mol. The molecule has 0 radical (unpaired) electrons. The molecule has 3 N–H and O–H groups in total. The molecule has 1 aliphatic rings. The summed E-state index contributed by atoms with van der Waals surface area (Å²) in [6, 6.07) is 8.53. The van der Waals surface area contributed by atoms with Gasteiger partial charge in [-0.05, 0) is 49.9 Å². The summed E-state index contributed by atoms with van der Waals surface area (Å²) in [6.45, 7) is 3.36. The molecule has 0 unspecified atom stereocenters. The zero-order chi connectivity index (χ0) is 13.1. The fraction of sp³-hybridized carbons (Fsp3) is 0.500. The number of para-hydroxylation sites is 1. The highest BCUT2D eigenvalue weighted by Gasteiger charge is 2.41. The molecular weight excluding hydrogens is 234 g/mol. The van der Waals surface area contributed by atoms with Crippen LogP contribution in [0.1, 0.15) is 18.4 Å². The van der Waals surface area contributed by atoms with Crippen molar-refractivity contribution in [2.45, 2.75) is 19.3 Å². The quantitative estimate of drug-likeness (QED) is 0.666. The molecule has 19 heavy (non-hydrogen) atoms.